The van der Waals surface area contributed by atoms with Crippen molar-refractivity contribution in [3.05, 3.63) is 53.6 Å². The van der Waals surface area contributed by atoms with Crippen LogP contribution in [0.2, 0.25) is 0 Å². The summed E-state index contributed by atoms with van der Waals surface area (Å²) in [7, 11) is -1.82. The number of nitrogens with two attached hydrogens (primary N) is 1. The number of nitriles is 1. The van der Waals surface area contributed by atoms with Crippen LogP contribution in [0.4, 0.5) is 13.2 Å². The molecule has 2 heterocycles. The van der Waals surface area contributed by atoms with Gasteiger partial charge in [0.25, 0.3) is 0 Å². The SMILES string of the molecule is CC(C)(C)Cn1cc([C@H](CC(C)(C)S(N)=O)C(F)F)c2cc(F)c(-c3ncccc3C#N)cc21. The van der Waals surface area contributed by atoms with Crippen molar-refractivity contribution in [1.82, 2.24) is 9.55 Å². The van der Waals surface area contributed by atoms with Crippen molar-refractivity contribution in [2.24, 2.45) is 10.6 Å². The molecule has 0 spiro atoms. The average Bonchev–Trinajstić information content (AvgIpc) is 3.06. The maximum atomic E-state index is 15.4. The maximum absolute atomic E-state index is 15.4. The van der Waals surface area contributed by atoms with Gasteiger partial charge < -0.3 is 4.57 Å². The van der Waals surface area contributed by atoms with Gasteiger partial charge in [0.05, 0.1) is 27.0 Å². The lowest BCUT2D eigenvalue weighted by Gasteiger charge is -2.27. The van der Waals surface area contributed by atoms with Gasteiger partial charge in [0.15, 0.2) is 0 Å². The van der Waals surface area contributed by atoms with E-state index in [1.54, 1.807) is 38.2 Å². The summed E-state index contributed by atoms with van der Waals surface area (Å²) in [5, 5.41) is 15.4. The molecule has 0 aliphatic carbocycles. The second-order valence-electron chi connectivity index (χ2n) is 10.3. The monoisotopic (exact) mass is 490 g/mol. The molecular weight excluding hydrogens is 461 g/mol. The molecule has 0 aliphatic rings. The van der Waals surface area contributed by atoms with Crippen molar-refractivity contribution in [1.29, 1.82) is 5.26 Å². The van der Waals surface area contributed by atoms with E-state index < -0.39 is 33.9 Å². The Hall–Kier alpha value is -2.70. The first kappa shape index (κ1) is 25.9. The summed E-state index contributed by atoms with van der Waals surface area (Å²) in [6, 6.07) is 7.96. The molecule has 0 saturated heterocycles. The number of hydrogen-bond donors (Lipinski definition) is 1. The lowest BCUT2D eigenvalue weighted by molar-refractivity contribution is 0.106. The van der Waals surface area contributed by atoms with Gasteiger partial charge in [-0.3, -0.25) is 10.1 Å². The predicted octanol–water partition coefficient (Wildman–Crippen LogP) is 5.90. The van der Waals surface area contributed by atoms with Crippen LogP contribution < -0.4 is 5.14 Å². The number of pyridine rings is 1. The number of halogens is 3. The number of rotatable bonds is 7. The average molecular weight is 491 g/mol. The highest BCUT2D eigenvalue weighted by Crippen LogP contribution is 2.40. The molecule has 0 fully saturated rings. The molecule has 2 N–H and O–H groups in total. The van der Waals surface area contributed by atoms with Gasteiger partial charge in [-0.25, -0.2) is 17.4 Å². The minimum Gasteiger partial charge on any atom is -0.347 e. The summed E-state index contributed by atoms with van der Waals surface area (Å²) < 4.78 is 56.7. The number of fused-ring (bicyclic) bond motifs is 1. The number of benzene rings is 1. The lowest BCUT2D eigenvalue weighted by atomic mass is 9.89. The van der Waals surface area contributed by atoms with Gasteiger partial charge >= 0.3 is 0 Å². The Kier molecular flexibility index (Phi) is 7.25. The number of hydrogen-bond acceptors (Lipinski definition) is 3. The van der Waals surface area contributed by atoms with Gasteiger partial charge in [-0.05, 0) is 55.5 Å². The number of nitrogens with zero attached hydrogens (tertiary/aromatic N) is 3. The molecule has 2 aromatic heterocycles. The van der Waals surface area contributed by atoms with E-state index >= 15 is 4.39 Å². The molecule has 5 nitrogen and oxygen atoms in total. The second-order valence-corrected chi connectivity index (χ2v) is 12.0. The van der Waals surface area contributed by atoms with Crippen LogP contribution >= 0.6 is 0 Å². The molecule has 0 bridgehead atoms. The first-order chi connectivity index (χ1) is 15.7. The Morgan fingerprint density at radius 2 is 1.91 bits per heavy atom. The quantitative estimate of drug-likeness (QED) is 0.447. The molecule has 0 radical (unpaired) electrons. The van der Waals surface area contributed by atoms with Crippen LogP contribution in [0.3, 0.4) is 0 Å². The highest BCUT2D eigenvalue weighted by molar-refractivity contribution is 7.84. The van der Waals surface area contributed by atoms with E-state index in [1.165, 1.54) is 12.3 Å². The van der Waals surface area contributed by atoms with Crippen LogP contribution in [-0.4, -0.2) is 24.9 Å². The molecule has 1 aromatic carbocycles. The third-order valence-electron chi connectivity index (χ3n) is 5.79. The summed E-state index contributed by atoms with van der Waals surface area (Å²) >= 11 is 0. The molecule has 3 aromatic rings. The third kappa shape index (κ3) is 5.34. The maximum Gasteiger partial charge on any atom is 0.245 e. The largest absolute Gasteiger partial charge is 0.347 e. The molecule has 3 rings (SSSR count). The van der Waals surface area contributed by atoms with E-state index in [2.05, 4.69) is 4.98 Å². The van der Waals surface area contributed by atoms with Gasteiger partial charge in [-0.15, -0.1) is 0 Å². The smallest absolute Gasteiger partial charge is 0.245 e. The van der Waals surface area contributed by atoms with Crippen LogP contribution in [0.5, 0.6) is 0 Å². The molecular formula is C25H29F3N4OS. The minimum atomic E-state index is -2.76. The summed E-state index contributed by atoms with van der Waals surface area (Å²) in [6.45, 7) is 9.69. The van der Waals surface area contributed by atoms with E-state index in [4.69, 9.17) is 5.14 Å². The zero-order chi connectivity index (χ0) is 25.4. The van der Waals surface area contributed by atoms with Gasteiger partial charge in [0.1, 0.15) is 11.9 Å². The van der Waals surface area contributed by atoms with Crippen LogP contribution in [0.15, 0.2) is 36.7 Å². The van der Waals surface area contributed by atoms with Crippen LogP contribution in [0, 0.1) is 22.6 Å². The molecule has 9 heteroatoms. The van der Waals surface area contributed by atoms with E-state index in [-0.39, 0.29) is 34.2 Å². The molecule has 2 atom stereocenters. The summed E-state index contributed by atoms with van der Waals surface area (Å²) in [5.74, 6) is -1.95. The zero-order valence-corrected chi connectivity index (χ0v) is 20.7. The fraction of sp³-hybridized carbons (Fsp3) is 0.440. The first-order valence-electron chi connectivity index (χ1n) is 10.9. The summed E-state index contributed by atoms with van der Waals surface area (Å²) in [4.78, 5) is 4.19. The molecule has 0 aliphatic heterocycles. The number of aromatic nitrogens is 2. The lowest BCUT2D eigenvalue weighted by Crippen LogP contribution is -2.35. The highest BCUT2D eigenvalue weighted by Gasteiger charge is 2.35. The van der Waals surface area contributed by atoms with Crippen LogP contribution in [0.25, 0.3) is 22.2 Å². The van der Waals surface area contributed by atoms with Gasteiger partial charge in [-0.1, -0.05) is 20.8 Å². The minimum absolute atomic E-state index is 0.126. The molecule has 182 valence electrons. The highest BCUT2D eigenvalue weighted by atomic mass is 32.2. The van der Waals surface area contributed by atoms with E-state index in [9.17, 15) is 18.3 Å². The van der Waals surface area contributed by atoms with Gasteiger partial charge in [-0.2, -0.15) is 5.26 Å². The van der Waals surface area contributed by atoms with Gasteiger partial charge in [0.2, 0.25) is 6.43 Å². The van der Waals surface area contributed by atoms with Crippen molar-refractivity contribution in [2.45, 2.75) is 64.7 Å². The van der Waals surface area contributed by atoms with Crippen molar-refractivity contribution in [3.8, 4) is 17.3 Å². The standard InChI is InChI=1S/C25H29F3N4OS/c1-24(2,3)14-32-13-19(18(23(27)28)11-25(4,5)34(30)33)16-9-20(26)17(10-21(16)32)22-15(12-29)7-6-8-31-22/h6-10,13,18,23H,11,14,30H2,1-5H3/t18-,34?/m0/s1. The predicted molar refractivity (Wildman–Crippen MR) is 129 cm³/mol. The Bertz CT molecular complexity index is 1270. The normalized spacial score (nSPS) is 14.4. The molecule has 0 amide bonds. The van der Waals surface area contributed by atoms with E-state index in [0.29, 0.717) is 17.4 Å². The fourth-order valence-corrected chi connectivity index (χ4v) is 4.46. The zero-order valence-electron chi connectivity index (χ0n) is 19.9. The van der Waals surface area contributed by atoms with Crippen LogP contribution in [0.1, 0.15) is 58.1 Å². The van der Waals surface area contributed by atoms with Crippen molar-refractivity contribution in [2.75, 3.05) is 0 Å². The summed E-state index contributed by atoms with van der Waals surface area (Å²) in [5.41, 5.74) is 1.18. The summed E-state index contributed by atoms with van der Waals surface area (Å²) in [6.07, 6.45) is 0.210. The fourth-order valence-electron chi connectivity index (χ4n) is 4.11. The Balaban J connectivity index is 2.29. The second kappa shape index (κ2) is 9.51. The molecule has 34 heavy (non-hydrogen) atoms. The Labute approximate surface area is 200 Å². The van der Waals surface area contributed by atoms with Crippen molar-refractivity contribution >= 4 is 21.9 Å². The van der Waals surface area contributed by atoms with E-state index in [1.807, 2.05) is 31.4 Å². The molecule has 1 unspecified atom stereocenters. The third-order valence-corrected chi connectivity index (χ3v) is 7.04. The van der Waals surface area contributed by atoms with Crippen molar-refractivity contribution < 1.29 is 17.4 Å². The van der Waals surface area contributed by atoms with Crippen LogP contribution in [-0.2, 0) is 17.5 Å². The first-order valence-corrected chi connectivity index (χ1v) is 12.1. The number of alkyl halides is 2. The molecule has 0 saturated carbocycles. The van der Waals surface area contributed by atoms with E-state index in [0.717, 1.165) is 0 Å². The van der Waals surface area contributed by atoms with Crippen molar-refractivity contribution in [3.63, 3.8) is 0 Å². The topological polar surface area (TPSA) is 84.7 Å². The Morgan fingerprint density at radius 3 is 2.47 bits per heavy atom. The Morgan fingerprint density at radius 1 is 1.24 bits per heavy atom. The van der Waals surface area contributed by atoms with Gasteiger partial charge in [0, 0.05) is 41.3 Å².